The lowest BCUT2D eigenvalue weighted by atomic mass is 9.83. The van der Waals surface area contributed by atoms with Gasteiger partial charge in [-0.1, -0.05) is 30.3 Å². The third-order valence-electron chi connectivity index (χ3n) is 7.17. The lowest BCUT2D eigenvalue weighted by molar-refractivity contribution is -0.135. The Morgan fingerprint density at radius 3 is 2.05 bits per heavy atom. The molecule has 1 saturated heterocycles. The van der Waals surface area contributed by atoms with Crippen LogP contribution in [-0.2, 0) is 20.9 Å². The van der Waals surface area contributed by atoms with Crippen LogP contribution in [0.3, 0.4) is 0 Å². The molecule has 1 fully saturated rings. The number of benzene rings is 3. The van der Waals surface area contributed by atoms with E-state index in [-0.39, 0.29) is 36.5 Å². The molecule has 40 heavy (non-hydrogen) atoms. The summed E-state index contributed by atoms with van der Waals surface area (Å²) in [5.41, 5.74) is 1.12. The molecule has 9 nitrogen and oxygen atoms in total. The van der Waals surface area contributed by atoms with E-state index in [1.165, 1.54) is 13.8 Å². The first-order chi connectivity index (χ1) is 19.2. The van der Waals surface area contributed by atoms with Crippen molar-refractivity contribution in [3.05, 3.63) is 90.0 Å². The first-order valence-corrected chi connectivity index (χ1v) is 13.2. The van der Waals surface area contributed by atoms with E-state index >= 15 is 0 Å². The Morgan fingerprint density at radius 1 is 0.875 bits per heavy atom. The van der Waals surface area contributed by atoms with Gasteiger partial charge in [0.25, 0.3) is 5.91 Å². The third-order valence-corrected chi connectivity index (χ3v) is 7.17. The maximum Gasteiger partial charge on any atom is 0.259 e. The summed E-state index contributed by atoms with van der Waals surface area (Å²) in [7, 11) is 1.56. The molecule has 0 unspecified atom stereocenters. The van der Waals surface area contributed by atoms with Crippen molar-refractivity contribution in [2.24, 2.45) is 0 Å². The molecule has 0 radical (unpaired) electrons. The molecule has 9 heteroatoms. The highest BCUT2D eigenvalue weighted by molar-refractivity contribution is 6.12. The number of amides is 4. The van der Waals surface area contributed by atoms with Gasteiger partial charge in [-0.2, -0.15) is 0 Å². The SMILES string of the molecule is COc1ccc(N(C(=O)c2ccc(NC(C)=O)cc2)C2(C(=O)NCc3ccccc3)CCN(C(C)=O)CC2)cc1. The van der Waals surface area contributed by atoms with Gasteiger partial charge < -0.3 is 20.3 Å². The Kier molecular flexibility index (Phi) is 8.83. The Morgan fingerprint density at radius 2 is 1.50 bits per heavy atom. The van der Waals surface area contributed by atoms with E-state index in [1.807, 2.05) is 30.3 Å². The van der Waals surface area contributed by atoms with Crippen LogP contribution in [-0.4, -0.2) is 54.3 Å². The summed E-state index contributed by atoms with van der Waals surface area (Å²) < 4.78 is 5.32. The molecule has 4 rings (SSSR count). The molecule has 0 aliphatic carbocycles. The van der Waals surface area contributed by atoms with Crippen LogP contribution in [0, 0.1) is 0 Å². The zero-order valence-corrected chi connectivity index (χ0v) is 23.0. The fourth-order valence-electron chi connectivity index (χ4n) is 5.01. The number of hydrogen-bond acceptors (Lipinski definition) is 5. The molecule has 1 heterocycles. The summed E-state index contributed by atoms with van der Waals surface area (Å²) >= 11 is 0. The Labute approximate surface area is 234 Å². The van der Waals surface area contributed by atoms with Crippen LogP contribution >= 0.6 is 0 Å². The minimum atomic E-state index is -1.26. The number of piperidine rings is 1. The summed E-state index contributed by atoms with van der Waals surface area (Å²) in [6.07, 6.45) is 0.518. The zero-order chi connectivity index (χ0) is 28.7. The van der Waals surface area contributed by atoms with Crippen molar-refractivity contribution in [3.8, 4) is 5.75 Å². The largest absolute Gasteiger partial charge is 0.497 e. The summed E-state index contributed by atoms with van der Waals surface area (Å²) in [4.78, 5) is 55.3. The number of hydrogen-bond donors (Lipinski definition) is 2. The van der Waals surface area contributed by atoms with Crippen LogP contribution in [0.1, 0.15) is 42.6 Å². The first-order valence-electron chi connectivity index (χ1n) is 13.2. The monoisotopic (exact) mass is 542 g/mol. The second-order valence-electron chi connectivity index (χ2n) is 9.80. The fraction of sp³-hybridized carbons (Fsp3) is 0.290. The van der Waals surface area contributed by atoms with Crippen molar-refractivity contribution < 1.29 is 23.9 Å². The summed E-state index contributed by atoms with van der Waals surface area (Å²) in [5, 5.41) is 5.76. The normalized spacial score (nSPS) is 14.1. The number of carbonyl (C=O) groups is 4. The van der Waals surface area contributed by atoms with E-state index in [1.54, 1.807) is 65.4 Å². The molecule has 1 aliphatic rings. The minimum absolute atomic E-state index is 0.0748. The number of nitrogens with one attached hydrogen (secondary N) is 2. The molecule has 0 atom stereocenters. The highest BCUT2D eigenvalue weighted by atomic mass is 16.5. The van der Waals surface area contributed by atoms with Crippen molar-refractivity contribution in [2.45, 2.75) is 38.8 Å². The van der Waals surface area contributed by atoms with Crippen LogP contribution in [0.4, 0.5) is 11.4 Å². The number of methoxy groups -OCH3 is 1. The lowest BCUT2D eigenvalue weighted by Gasteiger charge is -2.47. The number of rotatable bonds is 8. The number of carbonyl (C=O) groups excluding carboxylic acids is 4. The average molecular weight is 543 g/mol. The van der Waals surface area contributed by atoms with Gasteiger partial charge in [-0.05, 0) is 66.9 Å². The number of nitrogens with zero attached hydrogens (tertiary/aromatic N) is 2. The van der Waals surface area contributed by atoms with Crippen LogP contribution in [0.2, 0.25) is 0 Å². The van der Waals surface area contributed by atoms with Crippen molar-refractivity contribution in [2.75, 3.05) is 30.4 Å². The molecule has 3 aromatic rings. The second-order valence-corrected chi connectivity index (χ2v) is 9.80. The van der Waals surface area contributed by atoms with Gasteiger partial charge in [-0.3, -0.25) is 24.1 Å². The van der Waals surface area contributed by atoms with Gasteiger partial charge in [0.05, 0.1) is 7.11 Å². The molecular formula is C31H34N4O5. The van der Waals surface area contributed by atoms with Gasteiger partial charge in [0, 0.05) is 50.4 Å². The zero-order valence-electron chi connectivity index (χ0n) is 23.0. The van der Waals surface area contributed by atoms with Crippen LogP contribution < -0.4 is 20.3 Å². The molecule has 0 bridgehead atoms. The highest BCUT2D eigenvalue weighted by Crippen LogP contribution is 2.36. The number of likely N-dealkylation sites (tertiary alicyclic amines) is 1. The molecule has 3 aromatic carbocycles. The van der Waals surface area contributed by atoms with E-state index in [0.717, 1.165) is 5.56 Å². The highest BCUT2D eigenvalue weighted by Gasteiger charge is 2.49. The Balaban J connectivity index is 1.76. The fourth-order valence-corrected chi connectivity index (χ4v) is 5.01. The third kappa shape index (κ3) is 6.31. The predicted octanol–water partition coefficient (Wildman–Crippen LogP) is 4.00. The molecule has 0 aromatic heterocycles. The average Bonchev–Trinajstić information content (AvgIpc) is 2.97. The van der Waals surface area contributed by atoms with Crippen LogP contribution in [0.5, 0.6) is 5.75 Å². The van der Waals surface area contributed by atoms with Crippen molar-refractivity contribution >= 4 is 35.0 Å². The molecular weight excluding hydrogens is 508 g/mol. The topological polar surface area (TPSA) is 108 Å². The van der Waals surface area contributed by atoms with Crippen molar-refractivity contribution in [3.63, 3.8) is 0 Å². The van der Waals surface area contributed by atoms with E-state index < -0.39 is 5.54 Å². The molecule has 2 N–H and O–H groups in total. The van der Waals surface area contributed by atoms with Gasteiger partial charge >= 0.3 is 0 Å². The summed E-state index contributed by atoms with van der Waals surface area (Å²) in [6, 6.07) is 23.1. The van der Waals surface area contributed by atoms with Crippen LogP contribution in [0.25, 0.3) is 0 Å². The van der Waals surface area contributed by atoms with Gasteiger partial charge in [-0.15, -0.1) is 0 Å². The summed E-state index contributed by atoms with van der Waals surface area (Å²) in [6.45, 7) is 3.88. The van der Waals surface area contributed by atoms with Crippen LogP contribution in [0.15, 0.2) is 78.9 Å². The molecule has 0 saturated carbocycles. The van der Waals surface area contributed by atoms with E-state index in [0.29, 0.717) is 42.3 Å². The molecule has 1 aliphatic heterocycles. The first kappa shape index (κ1) is 28.4. The smallest absolute Gasteiger partial charge is 0.259 e. The quantitative estimate of drug-likeness (QED) is 0.448. The van der Waals surface area contributed by atoms with Gasteiger partial charge in [0.2, 0.25) is 17.7 Å². The van der Waals surface area contributed by atoms with E-state index in [2.05, 4.69) is 10.6 Å². The molecule has 0 spiro atoms. The Hall–Kier alpha value is -4.66. The predicted molar refractivity (Wildman–Crippen MR) is 153 cm³/mol. The number of anilines is 2. The van der Waals surface area contributed by atoms with Gasteiger partial charge in [0.1, 0.15) is 11.3 Å². The van der Waals surface area contributed by atoms with Gasteiger partial charge in [-0.25, -0.2) is 0 Å². The van der Waals surface area contributed by atoms with Crippen molar-refractivity contribution in [1.82, 2.24) is 10.2 Å². The minimum Gasteiger partial charge on any atom is -0.497 e. The maximum absolute atomic E-state index is 14.3. The number of ether oxygens (including phenoxy) is 1. The van der Waals surface area contributed by atoms with Crippen molar-refractivity contribution in [1.29, 1.82) is 0 Å². The summed E-state index contributed by atoms with van der Waals surface area (Å²) in [5.74, 6) is -0.339. The van der Waals surface area contributed by atoms with Gasteiger partial charge in [0.15, 0.2) is 0 Å². The maximum atomic E-state index is 14.3. The van der Waals surface area contributed by atoms with E-state index in [4.69, 9.17) is 4.74 Å². The molecule has 4 amide bonds. The standard InChI is InChI=1S/C31H34N4O5/c1-22(36)33-26-11-9-25(10-12-26)29(38)35(27-13-15-28(40-3)16-14-27)31(17-19-34(20-18-31)23(2)37)30(39)32-21-24-7-5-4-6-8-24/h4-16H,17-21H2,1-3H3,(H,32,39)(H,33,36). The lowest BCUT2D eigenvalue weighted by Crippen LogP contribution is -2.65. The Bertz CT molecular complexity index is 1350. The van der Waals surface area contributed by atoms with E-state index in [9.17, 15) is 19.2 Å². The second kappa shape index (κ2) is 12.5. The molecule has 208 valence electrons.